The average molecular weight is 353 g/mol. The molecule has 0 aliphatic heterocycles. The van der Waals surface area contributed by atoms with Gasteiger partial charge in [-0.05, 0) is 30.3 Å². The van der Waals surface area contributed by atoms with Crippen molar-refractivity contribution >= 4 is 28.9 Å². The van der Waals surface area contributed by atoms with Gasteiger partial charge in [0.2, 0.25) is 11.8 Å². The number of fused-ring (bicyclic) bond motifs is 1. The largest absolute Gasteiger partial charge is 0.481 e. The smallest absolute Gasteiger partial charge is 0.247 e. The molecule has 0 radical (unpaired) electrons. The number of halogens is 1. The van der Waals surface area contributed by atoms with Crippen molar-refractivity contribution in [2.45, 2.75) is 0 Å². The van der Waals surface area contributed by atoms with Crippen LogP contribution in [-0.4, -0.2) is 31.7 Å². The van der Waals surface area contributed by atoms with Crippen LogP contribution >= 0.6 is 11.6 Å². The molecule has 1 N–H and O–H groups in total. The van der Waals surface area contributed by atoms with Crippen molar-refractivity contribution in [1.82, 2.24) is 24.6 Å². The summed E-state index contributed by atoms with van der Waals surface area (Å²) in [6, 6.07) is 11.0. The van der Waals surface area contributed by atoms with Crippen LogP contribution in [0.3, 0.4) is 0 Å². The lowest BCUT2D eigenvalue weighted by Crippen LogP contribution is -1.94. The number of nitrogens with zero attached hydrogens (tertiary/aromatic N) is 5. The van der Waals surface area contributed by atoms with Crippen molar-refractivity contribution < 1.29 is 4.74 Å². The first-order chi connectivity index (χ1) is 12.2. The molecule has 0 saturated carbocycles. The van der Waals surface area contributed by atoms with Crippen LogP contribution < -0.4 is 10.1 Å². The fraction of sp³-hybridized carbons (Fsp3) is 0.0588. The minimum atomic E-state index is 0.470. The zero-order valence-electron chi connectivity index (χ0n) is 13.2. The minimum Gasteiger partial charge on any atom is -0.481 e. The molecule has 3 aromatic heterocycles. The predicted octanol–water partition coefficient (Wildman–Crippen LogP) is 3.59. The molecule has 1 aromatic carbocycles. The van der Waals surface area contributed by atoms with E-state index < -0.39 is 0 Å². The molecule has 0 bridgehead atoms. The second-order valence-corrected chi connectivity index (χ2v) is 5.64. The van der Waals surface area contributed by atoms with E-state index in [-0.39, 0.29) is 0 Å². The Bertz CT molecular complexity index is 1010. The zero-order valence-corrected chi connectivity index (χ0v) is 14.0. The molecule has 7 nitrogen and oxygen atoms in total. The Balaban J connectivity index is 1.71. The number of benzene rings is 1. The van der Waals surface area contributed by atoms with Crippen LogP contribution in [0.15, 0.2) is 55.0 Å². The van der Waals surface area contributed by atoms with Crippen molar-refractivity contribution in [3.05, 3.63) is 60.0 Å². The quantitative estimate of drug-likeness (QED) is 0.604. The summed E-state index contributed by atoms with van der Waals surface area (Å²) >= 11 is 5.90. The van der Waals surface area contributed by atoms with E-state index in [9.17, 15) is 0 Å². The Kier molecular flexibility index (Phi) is 3.91. The topological polar surface area (TPSA) is 77.2 Å². The van der Waals surface area contributed by atoms with E-state index >= 15 is 0 Å². The van der Waals surface area contributed by atoms with Gasteiger partial charge in [0.25, 0.3) is 0 Å². The Morgan fingerprint density at radius 2 is 1.92 bits per heavy atom. The summed E-state index contributed by atoms with van der Waals surface area (Å²) in [5.74, 6) is 1.01. The fourth-order valence-corrected chi connectivity index (χ4v) is 2.50. The number of methoxy groups -OCH3 is 1. The summed E-state index contributed by atoms with van der Waals surface area (Å²) in [6.45, 7) is 0. The van der Waals surface area contributed by atoms with Crippen LogP contribution in [0.5, 0.6) is 5.88 Å². The maximum atomic E-state index is 5.90. The highest BCUT2D eigenvalue weighted by atomic mass is 35.5. The first kappa shape index (κ1) is 15.3. The van der Waals surface area contributed by atoms with E-state index in [1.54, 1.807) is 48.4 Å². The molecule has 0 aliphatic rings. The molecule has 0 atom stereocenters. The number of anilines is 2. The monoisotopic (exact) mass is 352 g/mol. The lowest BCUT2D eigenvalue weighted by atomic mass is 10.2. The van der Waals surface area contributed by atoms with Crippen LogP contribution in [0.25, 0.3) is 16.9 Å². The van der Waals surface area contributed by atoms with Gasteiger partial charge in [-0.25, -0.2) is 9.50 Å². The molecule has 124 valence electrons. The van der Waals surface area contributed by atoms with E-state index in [4.69, 9.17) is 16.3 Å². The van der Waals surface area contributed by atoms with E-state index in [0.29, 0.717) is 28.2 Å². The summed E-state index contributed by atoms with van der Waals surface area (Å²) < 4.78 is 6.76. The standard InChI is InChI=1S/C17H13ClN6O/c1-25-14-7-2-11(10-20-14)15-16-22-17(23-24(16)9-8-19-15)21-13-5-3-12(18)4-6-13/h2-10H,1H3,(H,21,23). The Morgan fingerprint density at radius 3 is 2.64 bits per heavy atom. The van der Waals surface area contributed by atoms with E-state index in [2.05, 4.69) is 25.4 Å². The van der Waals surface area contributed by atoms with Gasteiger partial charge in [0, 0.05) is 40.9 Å². The third-order valence-electron chi connectivity index (χ3n) is 3.57. The molecule has 4 aromatic rings. The molecular formula is C17H13ClN6O. The molecule has 25 heavy (non-hydrogen) atoms. The molecule has 3 heterocycles. The maximum Gasteiger partial charge on any atom is 0.247 e. The predicted molar refractivity (Wildman–Crippen MR) is 95.3 cm³/mol. The second-order valence-electron chi connectivity index (χ2n) is 5.20. The van der Waals surface area contributed by atoms with Gasteiger partial charge in [0.15, 0.2) is 5.65 Å². The van der Waals surface area contributed by atoms with Gasteiger partial charge in [-0.15, -0.1) is 5.10 Å². The Morgan fingerprint density at radius 1 is 1.08 bits per heavy atom. The molecule has 4 rings (SSSR count). The van der Waals surface area contributed by atoms with Crippen LogP contribution in [0.4, 0.5) is 11.6 Å². The maximum absolute atomic E-state index is 5.90. The van der Waals surface area contributed by atoms with E-state index in [1.807, 2.05) is 18.2 Å². The highest BCUT2D eigenvalue weighted by Gasteiger charge is 2.12. The molecule has 0 spiro atoms. The summed E-state index contributed by atoms with van der Waals surface area (Å²) in [5, 5.41) is 8.25. The van der Waals surface area contributed by atoms with Crippen LogP contribution in [0.2, 0.25) is 5.02 Å². The van der Waals surface area contributed by atoms with Gasteiger partial charge in [-0.2, -0.15) is 4.98 Å². The molecule has 0 fully saturated rings. The van der Waals surface area contributed by atoms with Gasteiger partial charge in [-0.3, -0.25) is 4.98 Å². The van der Waals surface area contributed by atoms with E-state index in [1.165, 1.54) is 0 Å². The summed E-state index contributed by atoms with van der Waals surface area (Å²) in [5.41, 5.74) is 3.00. The van der Waals surface area contributed by atoms with Crippen molar-refractivity contribution in [1.29, 1.82) is 0 Å². The van der Waals surface area contributed by atoms with Crippen LogP contribution in [0, 0.1) is 0 Å². The number of pyridine rings is 1. The fourth-order valence-electron chi connectivity index (χ4n) is 2.38. The lowest BCUT2D eigenvalue weighted by molar-refractivity contribution is 0.398. The summed E-state index contributed by atoms with van der Waals surface area (Å²) in [4.78, 5) is 13.2. The number of aromatic nitrogens is 5. The van der Waals surface area contributed by atoms with Crippen molar-refractivity contribution in [2.24, 2.45) is 0 Å². The minimum absolute atomic E-state index is 0.470. The SMILES string of the molecule is COc1ccc(-c2nccn3nc(Nc4ccc(Cl)cc4)nc23)cn1. The Labute approximate surface area is 148 Å². The van der Waals surface area contributed by atoms with Gasteiger partial charge >= 0.3 is 0 Å². The van der Waals surface area contributed by atoms with Gasteiger partial charge in [0.05, 0.1) is 7.11 Å². The highest BCUT2D eigenvalue weighted by molar-refractivity contribution is 6.30. The first-order valence-corrected chi connectivity index (χ1v) is 7.85. The van der Waals surface area contributed by atoms with Gasteiger partial charge in [-0.1, -0.05) is 11.6 Å². The molecule has 0 unspecified atom stereocenters. The van der Waals surface area contributed by atoms with Crippen molar-refractivity contribution in [3.63, 3.8) is 0 Å². The normalized spacial score (nSPS) is 10.8. The number of hydrogen-bond donors (Lipinski definition) is 1. The van der Waals surface area contributed by atoms with Crippen LogP contribution in [-0.2, 0) is 0 Å². The molecule has 0 amide bonds. The van der Waals surface area contributed by atoms with Crippen molar-refractivity contribution in [3.8, 4) is 17.1 Å². The molecule has 8 heteroatoms. The summed E-state index contributed by atoms with van der Waals surface area (Å²) in [7, 11) is 1.58. The zero-order chi connectivity index (χ0) is 17.2. The van der Waals surface area contributed by atoms with Crippen LogP contribution in [0.1, 0.15) is 0 Å². The van der Waals surface area contributed by atoms with Crippen molar-refractivity contribution in [2.75, 3.05) is 12.4 Å². The van der Waals surface area contributed by atoms with E-state index in [0.717, 1.165) is 11.3 Å². The Hall–Kier alpha value is -3.19. The number of hydrogen-bond acceptors (Lipinski definition) is 6. The highest BCUT2D eigenvalue weighted by Crippen LogP contribution is 2.23. The summed E-state index contributed by atoms with van der Waals surface area (Å²) in [6.07, 6.45) is 5.12. The van der Waals surface area contributed by atoms with Gasteiger partial charge < -0.3 is 10.1 Å². The molecular weight excluding hydrogens is 340 g/mol. The number of ether oxygens (including phenoxy) is 1. The first-order valence-electron chi connectivity index (χ1n) is 7.47. The number of rotatable bonds is 4. The number of nitrogens with one attached hydrogen (secondary N) is 1. The molecule has 0 saturated heterocycles. The third-order valence-corrected chi connectivity index (χ3v) is 3.83. The third kappa shape index (κ3) is 3.09. The lowest BCUT2D eigenvalue weighted by Gasteiger charge is -2.02. The molecule has 0 aliphatic carbocycles. The second kappa shape index (κ2) is 6.37. The van der Waals surface area contributed by atoms with Gasteiger partial charge in [0.1, 0.15) is 5.69 Å². The average Bonchev–Trinajstić information content (AvgIpc) is 3.06.